The lowest BCUT2D eigenvalue weighted by Crippen LogP contribution is -2.29. The molecule has 2 rings (SSSR count). The quantitative estimate of drug-likeness (QED) is 0.391. The van der Waals surface area contributed by atoms with Gasteiger partial charge >= 0.3 is 11.8 Å². The van der Waals surface area contributed by atoms with E-state index in [-0.39, 0.29) is 31.4 Å². The monoisotopic (exact) mass is 304 g/mol. The standard InChI is InChI=1S/2C5H8N2O3.CH4/c1-3-2-10-5(6-3)4(8)7-9;1-3-2-6-5(10-3)4(8)7-9;/h2*3,9H,2H2,1H3,(H,7,8);1H4. The highest BCUT2D eigenvalue weighted by molar-refractivity contribution is 6.35. The molecule has 0 fully saturated rings. The topological polar surface area (TPSA) is 142 Å². The van der Waals surface area contributed by atoms with Gasteiger partial charge in [-0.25, -0.2) is 20.9 Å². The molecule has 10 nitrogen and oxygen atoms in total. The first-order valence-electron chi connectivity index (χ1n) is 5.78. The second-order valence-corrected chi connectivity index (χ2v) is 4.05. The van der Waals surface area contributed by atoms with Crippen LogP contribution >= 0.6 is 0 Å². The maximum atomic E-state index is 10.5. The van der Waals surface area contributed by atoms with E-state index < -0.39 is 11.8 Å². The molecule has 0 aromatic carbocycles. The molecule has 2 aliphatic heterocycles. The SMILES string of the molecule is C.CC1CN=C(C(=O)NO)O1.CC1COC(C(=O)NO)=N1. The van der Waals surface area contributed by atoms with Gasteiger partial charge in [0.1, 0.15) is 12.7 Å². The van der Waals surface area contributed by atoms with E-state index in [1.807, 2.05) is 6.92 Å². The molecule has 0 saturated heterocycles. The van der Waals surface area contributed by atoms with Crippen molar-refractivity contribution in [2.45, 2.75) is 33.4 Å². The second-order valence-electron chi connectivity index (χ2n) is 4.05. The minimum Gasteiger partial charge on any atom is -0.472 e. The number of carbonyl (C=O) groups excluding carboxylic acids is 2. The summed E-state index contributed by atoms with van der Waals surface area (Å²) in [5.74, 6) is -1.47. The maximum absolute atomic E-state index is 10.5. The van der Waals surface area contributed by atoms with Crippen LogP contribution in [0.2, 0.25) is 0 Å². The number of hydroxylamine groups is 2. The van der Waals surface area contributed by atoms with Gasteiger partial charge in [-0.1, -0.05) is 7.43 Å². The van der Waals surface area contributed by atoms with Crippen molar-refractivity contribution in [1.82, 2.24) is 11.0 Å². The van der Waals surface area contributed by atoms with E-state index in [1.54, 1.807) is 6.92 Å². The Morgan fingerprint density at radius 3 is 2.14 bits per heavy atom. The van der Waals surface area contributed by atoms with E-state index >= 15 is 0 Å². The number of nitrogens with zero attached hydrogens (tertiary/aromatic N) is 2. The number of amides is 2. The minimum atomic E-state index is -0.690. The van der Waals surface area contributed by atoms with Gasteiger partial charge in [0.05, 0.1) is 12.6 Å². The van der Waals surface area contributed by atoms with E-state index in [1.165, 1.54) is 11.0 Å². The number of carbonyl (C=O) groups is 2. The van der Waals surface area contributed by atoms with Gasteiger partial charge in [-0.3, -0.25) is 20.0 Å². The molecular formula is C11H20N4O6. The van der Waals surface area contributed by atoms with Crippen molar-refractivity contribution in [1.29, 1.82) is 0 Å². The van der Waals surface area contributed by atoms with E-state index in [9.17, 15) is 9.59 Å². The zero-order valence-corrected chi connectivity index (χ0v) is 11.0. The average Bonchev–Trinajstić information content (AvgIpc) is 3.06. The third-order valence-corrected chi connectivity index (χ3v) is 2.20. The fraction of sp³-hybridized carbons (Fsp3) is 0.636. The molecule has 2 amide bonds. The van der Waals surface area contributed by atoms with Crippen LogP contribution in [0.5, 0.6) is 0 Å². The Kier molecular flexibility index (Phi) is 7.94. The number of rotatable bonds is 2. The Labute approximate surface area is 121 Å². The lowest BCUT2D eigenvalue weighted by atomic mass is 10.4. The van der Waals surface area contributed by atoms with Gasteiger partial charge in [0.15, 0.2) is 0 Å². The van der Waals surface area contributed by atoms with Crippen LogP contribution in [-0.4, -0.2) is 59.3 Å². The van der Waals surface area contributed by atoms with Gasteiger partial charge in [-0.15, -0.1) is 0 Å². The van der Waals surface area contributed by atoms with Gasteiger partial charge in [0, 0.05) is 0 Å². The summed E-state index contributed by atoms with van der Waals surface area (Å²) < 4.78 is 9.69. The highest BCUT2D eigenvalue weighted by atomic mass is 16.5. The molecule has 120 valence electrons. The molecule has 0 aromatic rings. The second kappa shape index (κ2) is 8.87. The predicted molar refractivity (Wildman–Crippen MR) is 72.3 cm³/mol. The van der Waals surface area contributed by atoms with Crippen LogP contribution in [0.15, 0.2) is 9.98 Å². The molecule has 0 aromatic heterocycles. The molecule has 0 saturated carbocycles. The van der Waals surface area contributed by atoms with Gasteiger partial charge in [-0.2, -0.15) is 0 Å². The van der Waals surface area contributed by atoms with Gasteiger partial charge < -0.3 is 9.47 Å². The summed E-state index contributed by atoms with van der Waals surface area (Å²) in [5.41, 5.74) is 2.87. The van der Waals surface area contributed by atoms with Crippen LogP contribution in [0, 0.1) is 0 Å². The summed E-state index contributed by atoms with van der Waals surface area (Å²) in [6.45, 7) is 4.49. The molecule has 0 bridgehead atoms. The number of aliphatic imine (C=N–C) groups is 2. The van der Waals surface area contributed by atoms with Crippen molar-refractivity contribution in [2.24, 2.45) is 9.98 Å². The van der Waals surface area contributed by atoms with Crippen LogP contribution in [-0.2, 0) is 19.1 Å². The van der Waals surface area contributed by atoms with Crippen LogP contribution in [0.3, 0.4) is 0 Å². The molecule has 0 aliphatic carbocycles. The first-order chi connectivity index (χ1) is 9.47. The van der Waals surface area contributed by atoms with E-state index in [4.69, 9.17) is 19.9 Å². The van der Waals surface area contributed by atoms with Crippen LogP contribution in [0.1, 0.15) is 21.3 Å². The van der Waals surface area contributed by atoms with Crippen molar-refractivity contribution in [3.05, 3.63) is 0 Å². The van der Waals surface area contributed by atoms with Gasteiger partial charge in [-0.05, 0) is 13.8 Å². The first kappa shape index (κ1) is 18.8. The Balaban J connectivity index is 0.000000364. The molecule has 2 atom stereocenters. The molecule has 0 spiro atoms. The maximum Gasteiger partial charge on any atom is 0.329 e. The molecule has 2 unspecified atom stereocenters. The normalized spacial score (nSPS) is 22.3. The molecule has 0 radical (unpaired) electrons. The predicted octanol–water partition coefficient (Wildman–Crippen LogP) is -0.746. The summed E-state index contributed by atoms with van der Waals surface area (Å²) in [7, 11) is 0. The fourth-order valence-corrected chi connectivity index (χ4v) is 1.30. The highest BCUT2D eigenvalue weighted by Gasteiger charge is 2.21. The van der Waals surface area contributed by atoms with Crippen LogP contribution in [0.4, 0.5) is 0 Å². The third-order valence-electron chi connectivity index (χ3n) is 2.20. The highest BCUT2D eigenvalue weighted by Crippen LogP contribution is 2.03. The van der Waals surface area contributed by atoms with Gasteiger partial charge in [0.2, 0.25) is 0 Å². The Hall–Kier alpha value is -2.20. The molecule has 10 heteroatoms. The third kappa shape index (κ3) is 5.75. The smallest absolute Gasteiger partial charge is 0.329 e. The molecule has 2 heterocycles. The lowest BCUT2D eigenvalue weighted by Gasteiger charge is -2.01. The van der Waals surface area contributed by atoms with Crippen molar-refractivity contribution < 1.29 is 29.5 Å². The van der Waals surface area contributed by atoms with Crippen molar-refractivity contribution in [2.75, 3.05) is 13.2 Å². The minimum absolute atomic E-state index is 0. The molecule has 21 heavy (non-hydrogen) atoms. The van der Waals surface area contributed by atoms with Crippen molar-refractivity contribution >= 4 is 23.6 Å². The summed E-state index contributed by atoms with van der Waals surface area (Å²) in [6.07, 6.45) is -0.0627. The Morgan fingerprint density at radius 2 is 1.76 bits per heavy atom. The summed E-state index contributed by atoms with van der Waals surface area (Å²) in [5, 5.41) is 16.2. The number of ether oxygens (including phenoxy) is 2. The zero-order valence-electron chi connectivity index (χ0n) is 11.0. The van der Waals surface area contributed by atoms with Crippen molar-refractivity contribution in [3.8, 4) is 0 Å². The summed E-state index contributed by atoms with van der Waals surface area (Å²) >= 11 is 0. The average molecular weight is 304 g/mol. The zero-order chi connectivity index (χ0) is 15.1. The molecule has 4 N–H and O–H groups in total. The number of nitrogens with one attached hydrogen (secondary N) is 2. The van der Waals surface area contributed by atoms with E-state index in [2.05, 4.69) is 9.98 Å². The molecular weight excluding hydrogens is 284 g/mol. The van der Waals surface area contributed by atoms with Crippen LogP contribution < -0.4 is 11.0 Å². The summed E-state index contributed by atoms with van der Waals surface area (Å²) in [6, 6.07) is 0.00676. The van der Waals surface area contributed by atoms with Crippen molar-refractivity contribution in [3.63, 3.8) is 0 Å². The number of hydrogen-bond acceptors (Lipinski definition) is 8. The Bertz CT molecular complexity index is 436. The molecule has 2 aliphatic rings. The van der Waals surface area contributed by atoms with E-state index in [0.717, 1.165) is 0 Å². The number of hydrogen-bond donors (Lipinski definition) is 4. The fourth-order valence-electron chi connectivity index (χ4n) is 1.30. The summed E-state index contributed by atoms with van der Waals surface area (Å²) in [4.78, 5) is 28.6. The lowest BCUT2D eigenvalue weighted by molar-refractivity contribution is -0.124. The Morgan fingerprint density at radius 1 is 1.19 bits per heavy atom. The first-order valence-corrected chi connectivity index (χ1v) is 5.78. The van der Waals surface area contributed by atoms with E-state index in [0.29, 0.717) is 13.2 Å². The van der Waals surface area contributed by atoms with Gasteiger partial charge in [0.25, 0.3) is 11.8 Å². The largest absolute Gasteiger partial charge is 0.472 e. The van der Waals surface area contributed by atoms with Crippen LogP contribution in [0.25, 0.3) is 0 Å².